The van der Waals surface area contributed by atoms with Gasteiger partial charge in [0.05, 0.1) is 22.8 Å². The zero-order valence-electron chi connectivity index (χ0n) is 12.1. The number of halogens is 1. The number of carbonyl (C=O) groups is 1. The highest BCUT2D eigenvalue weighted by molar-refractivity contribution is 7.16. The average Bonchev–Trinajstić information content (AvgIpc) is 2.91. The van der Waals surface area contributed by atoms with Crippen LogP contribution in [0.3, 0.4) is 0 Å². The second-order valence-corrected chi connectivity index (χ2v) is 6.39. The van der Waals surface area contributed by atoms with E-state index in [0.717, 1.165) is 42.2 Å². The monoisotopic (exact) mass is 325 g/mol. The van der Waals surface area contributed by atoms with E-state index in [-0.39, 0.29) is 11.1 Å². The maximum atomic E-state index is 13.9. The molecule has 1 aromatic carbocycles. The molecule has 23 heavy (non-hydrogen) atoms. The van der Waals surface area contributed by atoms with E-state index in [1.807, 2.05) is 6.07 Å². The SMILES string of the molecule is N#Cc1ccc(C(=O)Nc2sc3c(c2C#N)CCCC3)c(F)c1. The number of hydrogen-bond donors (Lipinski definition) is 1. The lowest BCUT2D eigenvalue weighted by atomic mass is 9.96. The molecular weight excluding hydrogens is 313 g/mol. The molecule has 0 fully saturated rings. The minimum atomic E-state index is -0.749. The summed E-state index contributed by atoms with van der Waals surface area (Å²) in [5, 5.41) is 21.2. The summed E-state index contributed by atoms with van der Waals surface area (Å²) >= 11 is 1.39. The summed E-state index contributed by atoms with van der Waals surface area (Å²) in [4.78, 5) is 13.4. The molecule has 1 aliphatic rings. The number of benzene rings is 1. The number of amides is 1. The fourth-order valence-corrected chi connectivity index (χ4v) is 3.95. The van der Waals surface area contributed by atoms with E-state index >= 15 is 0 Å². The van der Waals surface area contributed by atoms with Gasteiger partial charge in [0, 0.05) is 4.88 Å². The predicted octanol–water partition coefficient (Wildman–Crippen LogP) is 3.76. The molecule has 6 heteroatoms. The zero-order valence-corrected chi connectivity index (χ0v) is 13.0. The molecule has 0 bridgehead atoms. The van der Waals surface area contributed by atoms with Gasteiger partial charge in [-0.2, -0.15) is 10.5 Å². The molecule has 0 aliphatic heterocycles. The van der Waals surface area contributed by atoms with Gasteiger partial charge in [0.25, 0.3) is 5.91 Å². The van der Waals surface area contributed by atoms with E-state index in [2.05, 4.69) is 11.4 Å². The van der Waals surface area contributed by atoms with Crippen molar-refractivity contribution in [3.63, 3.8) is 0 Å². The van der Waals surface area contributed by atoms with E-state index in [1.54, 1.807) is 0 Å². The summed E-state index contributed by atoms with van der Waals surface area (Å²) < 4.78 is 13.9. The van der Waals surface area contributed by atoms with Crippen molar-refractivity contribution in [3.05, 3.63) is 51.1 Å². The molecule has 1 amide bonds. The molecule has 0 atom stereocenters. The Morgan fingerprint density at radius 2 is 2.00 bits per heavy atom. The predicted molar refractivity (Wildman–Crippen MR) is 84.7 cm³/mol. The van der Waals surface area contributed by atoms with Crippen molar-refractivity contribution in [2.75, 3.05) is 5.32 Å². The lowest BCUT2D eigenvalue weighted by molar-refractivity contribution is 0.102. The highest BCUT2D eigenvalue weighted by Crippen LogP contribution is 2.37. The van der Waals surface area contributed by atoms with Crippen LogP contribution in [0.15, 0.2) is 18.2 Å². The molecule has 2 aromatic rings. The number of hydrogen-bond acceptors (Lipinski definition) is 4. The molecule has 1 heterocycles. The summed E-state index contributed by atoms with van der Waals surface area (Å²) in [6.45, 7) is 0. The third kappa shape index (κ3) is 2.81. The average molecular weight is 325 g/mol. The van der Waals surface area contributed by atoms with Crippen LogP contribution >= 0.6 is 11.3 Å². The summed E-state index contributed by atoms with van der Waals surface area (Å²) in [5.74, 6) is -1.36. The van der Waals surface area contributed by atoms with Gasteiger partial charge in [-0.3, -0.25) is 4.79 Å². The topological polar surface area (TPSA) is 76.7 Å². The number of carbonyl (C=O) groups excluding carboxylic acids is 1. The van der Waals surface area contributed by atoms with Crippen molar-refractivity contribution in [3.8, 4) is 12.1 Å². The maximum absolute atomic E-state index is 13.9. The van der Waals surface area contributed by atoms with Crippen LogP contribution in [-0.2, 0) is 12.8 Å². The second-order valence-electron chi connectivity index (χ2n) is 5.29. The Morgan fingerprint density at radius 1 is 1.22 bits per heavy atom. The Labute approximate surface area is 136 Å². The van der Waals surface area contributed by atoms with Gasteiger partial charge in [0.2, 0.25) is 0 Å². The van der Waals surface area contributed by atoms with Gasteiger partial charge < -0.3 is 5.32 Å². The lowest BCUT2D eigenvalue weighted by Gasteiger charge is -2.09. The molecule has 0 spiro atoms. The van der Waals surface area contributed by atoms with Crippen LogP contribution in [-0.4, -0.2) is 5.91 Å². The molecule has 4 nitrogen and oxygen atoms in total. The summed E-state index contributed by atoms with van der Waals surface area (Å²) in [6, 6.07) is 7.67. The summed E-state index contributed by atoms with van der Waals surface area (Å²) in [5.41, 5.74) is 1.52. The summed E-state index contributed by atoms with van der Waals surface area (Å²) in [7, 11) is 0. The molecule has 0 unspecified atom stereocenters. The quantitative estimate of drug-likeness (QED) is 0.913. The first kappa shape index (κ1) is 15.2. The summed E-state index contributed by atoms with van der Waals surface area (Å²) in [6.07, 6.45) is 3.87. The lowest BCUT2D eigenvalue weighted by Crippen LogP contribution is -2.14. The van der Waals surface area contributed by atoms with Crippen molar-refractivity contribution in [2.45, 2.75) is 25.7 Å². The van der Waals surface area contributed by atoms with Crippen LogP contribution in [0, 0.1) is 28.5 Å². The van der Waals surface area contributed by atoms with E-state index in [4.69, 9.17) is 5.26 Å². The highest BCUT2D eigenvalue weighted by atomic mass is 32.1. The molecule has 1 N–H and O–H groups in total. The van der Waals surface area contributed by atoms with Crippen LogP contribution in [0.25, 0.3) is 0 Å². The number of aryl methyl sites for hydroxylation is 1. The van der Waals surface area contributed by atoms with Crippen molar-refractivity contribution in [1.29, 1.82) is 10.5 Å². The Hall–Kier alpha value is -2.70. The van der Waals surface area contributed by atoms with E-state index in [0.29, 0.717) is 10.6 Å². The molecule has 1 aromatic heterocycles. The normalized spacial score (nSPS) is 12.8. The first-order chi connectivity index (χ1) is 11.1. The number of anilines is 1. The van der Waals surface area contributed by atoms with Crippen LogP contribution in [0.4, 0.5) is 9.39 Å². The minimum Gasteiger partial charge on any atom is -0.312 e. The van der Waals surface area contributed by atoms with Gasteiger partial charge in [-0.15, -0.1) is 11.3 Å². The first-order valence-electron chi connectivity index (χ1n) is 7.19. The molecule has 1 aliphatic carbocycles. The Kier molecular flexibility index (Phi) is 4.10. The zero-order chi connectivity index (χ0) is 16.4. The van der Waals surface area contributed by atoms with Crippen molar-refractivity contribution < 1.29 is 9.18 Å². The minimum absolute atomic E-state index is 0.140. The standard InChI is InChI=1S/C17H12FN3OS/c18-14-7-10(8-19)5-6-12(14)16(22)21-17-13(9-20)11-3-1-2-4-15(11)23-17/h5-7H,1-4H2,(H,21,22). The van der Waals surface area contributed by atoms with Crippen LogP contribution < -0.4 is 5.32 Å². The van der Waals surface area contributed by atoms with Crippen molar-refractivity contribution >= 4 is 22.2 Å². The largest absolute Gasteiger partial charge is 0.312 e. The van der Waals surface area contributed by atoms with E-state index in [1.165, 1.54) is 23.5 Å². The molecule has 0 saturated heterocycles. The molecule has 114 valence electrons. The number of nitrogens with zero attached hydrogens (tertiary/aromatic N) is 2. The fourth-order valence-electron chi connectivity index (χ4n) is 2.71. The molecular formula is C17H12FN3OS. The molecule has 3 rings (SSSR count). The van der Waals surface area contributed by atoms with Gasteiger partial charge in [0.1, 0.15) is 16.9 Å². The van der Waals surface area contributed by atoms with Gasteiger partial charge in [-0.1, -0.05) is 0 Å². The molecule has 0 saturated carbocycles. The number of thiophene rings is 1. The number of nitrogens with one attached hydrogen (secondary N) is 1. The Bertz CT molecular complexity index is 873. The fraction of sp³-hybridized carbons (Fsp3) is 0.235. The van der Waals surface area contributed by atoms with E-state index < -0.39 is 11.7 Å². The maximum Gasteiger partial charge on any atom is 0.259 e. The van der Waals surface area contributed by atoms with E-state index in [9.17, 15) is 14.4 Å². The number of rotatable bonds is 2. The van der Waals surface area contributed by atoms with Gasteiger partial charge in [0.15, 0.2) is 0 Å². The van der Waals surface area contributed by atoms with Crippen molar-refractivity contribution in [2.24, 2.45) is 0 Å². The Balaban J connectivity index is 1.91. The first-order valence-corrected chi connectivity index (χ1v) is 8.01. The highest BCUT2D eigenvalue weighted by Gasteiger charge is 2.22. The van der Waals surface area contributed by atoms with Gasteiger partial charge >= 0.3 is 0 Å². The third-order valence-corrected chi connectivity index (χ3v) is 5.06. The van der Waals surface area contributed by atoms with Crippen LogP contribution in [0.5, 0.6) is 0 Å². The molecule has 0 radical (unpaired) electrons. The third-order valence-electron chi connectivity index (χ3n) is 3.85. The smallest absolute Gasteiger partial charge is 0.259 e. The van der Waals surface area contributed by atoms with Crippen molar-refractivity contribution in [1.82, 2.24) is 0 Å². The Morgan fingerprint density at radius 3 is 2.70 bits per heavy atom. The number of nitriles is 2. The second kappa shape index (κ2) is 6.20. The van der Waals surface area contributed by atoms with Crippen LogP contribution in [0.1, 0.15) is 44.8 Å². The van der Waals surface area contributed by atoms with Crippen LogP contribution in [0.2, 0.25) is 0 Å². The van der Waals surface area contributed by atoms with Gasteiger partial charge in [-0.05, 0) is 49.4 Å². The number of fused-ring (bicyclic) bond motifs is 1. The van der Waals surface area contributed by atoms with Gasteiger partial charge in [-0.25, -0.2) is 4.39 Å².